The summed E-state index contributed by atoms with van der Waals surface area (Å²) in [7, 11) is 0. The average molecular weight is 342 g/mol. The van der Waals surface area contributed by atoms with Crippen molar-refractivity contribution in [3.63, 3.8) is 0 Å². The molecule has 0 saturated carbocycles. The third-order valence-electron chi connectivity index (χ3n) is 4.57. The Morgan fingerprint density at radius 1 is 0.808 bits per heavy atom. The van der Waals surface area contributed by atoms with Crippen molar-refractivity contribution >= 4 is 11.0 Å². The Labute approximate surface area is 153 Å². The molecule has 0 saturated heterocycles. The molecule has 1 heterocycles. The predicted molar refractivity (Wildman–Crippen MR) is 105 cm³/mol. The molecule has 0 radical (unpaired) electrons. The lowest BCUT2D eigenvalue weighted by atomic mass is 10.2. The lowest BCUT2D eigenvalue weighted by Crippen LogP contribution is -2.11. The lowest BCUT2D eigenvalue weighted by molar-refractivity contribution is 0.0450. The molecule has 4 rings (SSSR count). The van der Waals surface area contributed by atoms with Crippen LogP contribution >= 0.6 is 0 Å². The highest BCUT2D eigenvalue weighted by Gasteiger charge is 2.17. The summed E-state index contributed by atoms with van der Waals surface area (Å²) in [5.41, 5.74) is 4.58. The zero-order chi connectivity index (χ0) is 17.8. The molecule has 0 spiro atoms. The molecular weight excluding hydrogens is 320 g/mol. The molecule has 0 amide bonds. The molecular formula is C23H22N2O. The Balaban J connectivity index is 1.64. The van der Waals surface area contributed by atoms with Crippen molar-refractivity contribution < 1.29 is 4.74 Å². The number of rotatable bonds is 6. The Morgan fingerprint density at radius 2 is 1.42 bits per heavy atom. The molecule has 0 bridgehead atoms. The van der Waals surface area contributed by atoms with Gasteiger partial charge in [-0.25, -0.2) is 4.98 Å². The summed E-state index contributed by atoms with van der Waals surface area (Å²) < 4.78 is 8.40. The van der Waals surface area contributed by atoms with Gasteiger partial charge in [-0.15, -0.1) is 0 Å². The zero-order valence-electron chi connectivity index (χ0n) is 14.9. The van der Waals surface area contributed by atoms with Crippen LogP contribution in [-0.2, 0) is 17.9 Å². The van der Waals surface area contributed by atoms with E-state index in [1.807, 2.05) is 30.3 Å². The highest BCUT2D eigenvalue weighted by atomic mass is 16.5. The van der Waals surface area contributed by atoms with Crippen molar-refractivity contribution in [1.29, 1.82) is 0 Å². The van der Waals surface area contributed by atoms with Crippen LogP contribution < -0.4 is 0 Å². The van der Waals surface area contributed by atoms with Crippen LogP contribution in [-0.4, -0.2) is 9.55 Å². The quantitative estimate of drug-likeness (QED) is 0.471. The number of nitrogens with zero attached hydrogens (tertiary/aromatic N) is 2. The van der Waals surface area contributed by atoms with Gasteiger partial charge in [0.05, 0.1) is 17.6 Å². The van der Waals surface area contributed by atoms with Crippen LogP contribution in [0.25, 0.3) is 11.0 Å². The zero-order valence-corrected chi connectivity index (χ0v) is 14.9. The van der Waals surface area contributed by atoms with Crippen molar-refractivity contribution in [2.45, 2.75) is 26.2 Å². The van der Waals surface area contributed by atoms with Crippen LogP contribution in [0.4, 0.5) is 0 Å². The fraction of sp³-hybridized carbons (Fsp3) is 0.174. The van der Waals surface area contributed by atoms with Crippen molar-refractivity contribution in [1.82, 2.24) is 9.55 Å². The summed E-state index contributed by atoms with van der Waals surface area (Å²) in [6.07, 6.45) is -0.0914. The lowest BCUT2D eigenvalue weighted by Gasteiger charge is -2.16. The second-order valence-corrected chi connectivity index (χ2v) is 6.47. The fourth-order valence-electron chi connectivity index (χ4n) is 3.21. The van der Waals surface area contributed by atoms with Gasteiger partial charge in [-0.1, -0.05) is 72.8 Å². The first-order valence-electron chi connectivity index (χ1n) is 8.96. The number of benzene rings is 3. The Kier molecular flexibility index (Phi) is 4.80. The van der Waals surface area contributed by atoms with E-state index >= 15 is 0 Å². The molecule has 0 fully saturated rings. The van der Waals surface area contributed by atoms with Gasteiger partial charge in [0.1, 0.15) is 11.9 Å². The largest absolute Gasteiger partial charge is 0.366 e. The fourth-order valence-corrected chi connectivity index (χ4v) is 3.21. The van der Waals surface area contributed by atoms with E-state index in [2.05, 4.69) is 66.1 Å². The number of para-hydroxylation sites is 2. The minimum Gasteiger partial charge on any atom is -0.366 e. The topological polar surface area (TPSA) is 27.1 Å². The van der Waals surface area contributed by atoms with Crippen molar-refractivity contribution in [3.8, 4) is 0 Å². The minimum atomic E-state index is -0.0914. The SMILES string of the molecule is C[C@H](OCc1ccccc1)c1nc2ccccc2n1Cc1ccccc1. The maximum Gasteiger partial charge on any atom is 0.139 e. The standard InChI is InChI=1S/C23H22N2O/c1-18(26-17-20-12-6-3-7-13-20)23-24-21-14-8-9-15-22(21)25(23)16-19-10-4-2-5-11-19/h2-15,18H,16-17H2,1H3/t18-/m0/s1. The van der Waals surface area contributed by atoms with Crippen LogP contribution in [0.15, 0.2) is 84.9 Å². The van der Waals surface area contributed by atoms with E-state index < -0.39 is 0 Å². The van der Waals surface area contributed by atoms with E-state index in [0.29, 0.717) is 6.61 Å². The van der Waals surface area contributed by atoms with Crippen molar-refractivity contribution in [3.05, 3.63) is 102 Å². The molecule has 26 heavy (non-hydrogen) atoms. The number of hydrogen-bond donors (Lipinski definition) is 0. The summed E-state index contributed by atoms with van der Waals surface area (Å²) in [4.78, 5) is 4.86. The Bertz CT molecular complexity index is 977. The molecule has 0 aliphatic heterocycles. The number of aromatic nitrogens is 2. The second kappa shape index (κ2) is 7.54. The van der Waals surface area contributed by atoms with Gasteiger partial charge < -0.3 is 9.30 Å². The van der Waals surface area contributed by atoms with Gasteiger partial charge in [0, 0.05) is 6.54 Å². The minimum absolute atomic E-state index is 0.0914. The predicted octanol–water partition coefficient (Wildman–Crippen LogP) is 5.36. The van der Waals surface area contributed by atoms with Crippen LogP contribution in [0.5, 0.6) is 0 Å². The van der Waals surface area contributed by atoms with E-state index in [4.69, 9.17) is 9.72 Å². The number of ether oxygens (including phenoxy) is 1. The van der Waals surface area contributed by atoms with E-state index in [9.17, 15) is 0 Å². The molecule has 0 aliphatic rings. The van der Waals surface area contributed by atoms with E-state index in [0.717, 1.165) is 23.4 Å². The first kappa shape index (κ1) is 16.6. The maximum absolute atomic E-state index is 6.14. The molecule has 0 unspecified atom stereocenters. The average Bonchev–Trinajstić information content (AvgIpc) is 3.06. The van der Waals surface area contributed by atoms with Crippen molar-refractivity contribution in [2.24, 2.45) is 0 Å². The molecule has 130 valence electrons. The normalized spacial score (nSPS) is 12.3. The Morgan fingerprint density at radius 3 is 2.15 bits per heavy atom. The highest BCUT2D eigenvalue weighted by Crippen LogP contribution is 2.25. The third kappa shape index (κ3) is 3.53. The summed E-state index contributed by atoms with van der Waals surface area (Å²) in [5, 5.41) is 0. The first-order chi connectivity index (χ1) is 12.8. The van der Waals surface area contributed by atoms with E-state index in [1.54, 1.807) is 0 Å². The molecule has 1 atom stereocenters. The van der Waals surface area contributed by atoms with Gasteiger partial charge in [-0.2, -0.15) is 0 Å². The maximum atomic E-state index is 6.14. The molecule has 0 aliphatic carbocycles. The van der Waals surface area contributed by atoms with E-state index in [1.165, 1.54) is 11.1 Å². The second-order valence-electron chi connectivity index (χ2n) is 6.47. The van der Waals surface area contributed by atoms with Gasteiger partial charge in [-0.05, 0) is 30.2 Å². The molecule has 3 aromatic carbocycles. The summed E-state index contributed by atoms with van der Waals surface area (Å²) in [5.74, 6) is 0.964. The van der Waals surface area contributed by atoms with Gasteiger partial charge in [-0.3, -0.25) is 0 Å². The smallest absolute Gasteiger partial charge is 0.139 e. The summed E-state index contributed by atoms with van der Waals surface area (Å²) in [6.45, 7) is 3.44. The van der Waals surface area contributed by atoms with Gasteiger partial charge in [0.15, 0.2) is 0 Å². The van der Waals surface area contributed by atoms with Gasteiger partial charge in [0.2, 0.25) is 0 Å². The molecule has 4 aromatic rings. The number of imidazole rings is 1. The molecule has 1 aromatic heterocycles. The summed E-state index contributed by atoms with van der Waals surface area (Å²) in [6, 6.07) is 29.0. The molecule has 3 heteroatoms. The number of fused-ring (bicyclic) bond motifs is 1. The van der Waals surface area contributed by atoms with Crippen LogP contribution in [0.3, 0.4) is 0 Å². The monoisotopic (exact) mass is 342 g/mol. The van der Waals surface area contributed by atoms with Crippen LogP contribution in [0, 0.1) is 0 Å². The summed E-state index contributed by atoms with van der Waals surface area (Å²) >= 11 is 0. The number of hydrogen-bond acceptors (Lipinski definition) is 2. The first-order valence-corrected chi connectivity index (χ1v) is 8.96. The highest BCUT2D eigenvalue weighted by molar-refractivity contribution is 5.76. The van der Waals surface area contributed by atoms with Gasteiger partial charge >= 0.3 is 0 Å². The third-order valence-corrected chi connectivity index (χ3v) is 4.57. The molecule has 0 N–H and O–H groups in total. The van der Waals surface area contributed by atoms with Gasteiger partial charge in [0.25, 0.3) is 0 Å². The van der Waals surface area contributed by atoms with Crippen LogP contribution in [0.2, 0.25) is 0 Å². The molecule has 3 nitrogen and oxygen atoms in total. The van der Waals surface area contributed by atoms with Crippen molar-refractivity contribution in [2.75, 3.05) is 0 Å². The van der Waals surface area contributed by atoms with E-state index in [-0.39, 0.29) is 6.10 Å². The Hall–Kier alpha value is -2.91. The van der Waals surface area contributed by atoms with Crippen LogP contribution in [0.1, 0.15) is 30.0 Å².